The summed E-state index contributed by atoms with van der Waals surface area (Å²) >= 11 is 0. The van der Waals surface area contributed by atoms with E-state index >= 15 is 0 Å². The number of benzene rings is 2. The van der Waals surface area contributed by atoms with E-state index in [1.54, 1.807) is 30.6 Å². The Bertz CT molecular complexity index is 1050. The molecule has 4 rings (SSSR count). The van der Waals surface area contributed by atoms with Gasteiger partial charge in [0.15, 0.2) is 5.58 Å². The third-order valence-corrected chi connectivity index (χ3v) is 3.85. The Morgan fingerprint density at radius 2 is 1.88 bits per heavy atom. The lowest BCUT2D eigenvalue weighted by Crippen LogP contribution is -2.11. The standard InChI is InChI=1S/C20H15N3O2/c1-13-3-2-4-15(11-13)20-23-17-6-5-16(12-18(17)25-20)22-19(24)14-7-9-21-10-8-14/h2-12H,1H3,(H,22,24). The fourth-order valence-electron chi connectivity index (χ4n) is 2.61. The second-order valence-electron chi connectivity index (χ2n) is 5.76. The van der Waals surface area contributed by atoms with Crippen LogP contribution < -0.4 is 5.32 Å². The van der Waals surface area contributed by atoms with Gasteiger partial charge in [0.1, 0.15) is 5.52 Å². The van der Waals surface area contributed by atoms with Gasteiger partial charge in [0.25, 0.3) is 5.91 Å². The Balaban J connectivity index is 1.63. The van der Waals surface area contributed by atoms with Crippen LogP contribution in [0.15, 0.2) is 71.4 Å². The third kappa shape index (κ3) is 3.12. The molecule has 0 unspecified atom stereocenters. The molecule has 0 aliphatic heterocycles. The van der Waals surface area contributed by atoms with Crippen molar-refractivity contribution in [3.8, 4) is 11.5 Å². The first kappa shape index (κ1) is 15.1. The molecule has 25 heavy (non-hydrogen) atoms. The van der Waals surface area contributed by atoms with E-state index in [2.05, 4.69) is 15.3 Å². The number of hydrogen-bond acceptors (Lipinski definition) is 4. The molecule has 0 aliphatic carbocycles. The summed E-state index contributed by atoms with van der Waals surface area (Å²) < 4.78 is 5.86. The first-order valence-electron chi connectivity index (χ1n) is 7.88. The Kier molecular flexibility index (Phi) is 3.74. The van der Waals surface area contributed by atoms with Crippen molar-refractivity contribution in [3.63, 3.8) is 0 Å². The van der Waals surface area contributed by atoms with Crippen LogP contribution in [0, 0.1) is 6.92 Å². The van der Waals surface area contributed by atoms with E-state index in [1.807, 2.05) is 43.3 Å². The lowest BCUT2D eigenvalue weighted by atomic mass is 10.1. The minimum absolute atomic E-state index is 0.194. The number of aryl methyl sites for hydroxylation is 1. The Labute approximate surface area is 144 Å². The van der Waals surface area contributed by atoms with E-state index in [0.29, 0.717) is 22.7 Å². The smallest absolute Gasteiger partial charge is 0.255 e. The van der Waals surface area contributed by atoms with Crippen LogP contribution in [0.2, 0.25) is 0 Å². The van der Waals surface area contributed by atoms with Gasteiger partial charge in [-0.3, -0.25) is 9.78 Å². The van der Waals surface area contributed by atoms with Gasteiger partial charge in [0.05, 0.1) is 0 Å². The zero-order valence-corrected chi connectivity index (χ0v) is 13.6. The summed E-state index contributed by atoms with van der Waals surface area (Å²) in [5, 5.41) is 2.85. The Morgan fingerprint density at radius 3 is 2.68 bits per heavy atom. The van der Waals surface area contributed by atoms with Crippen molar-refractivity contribution in [2.75, 3.05) is 5.32 Å². The first-order chi connectivity index (χ1) is 12.2. The number of nitrogens with zero attached hydrogens (tertiary/aromatic N) is 2. The second kappa shape index (κ2) is 6.20. The van der Waals surface area contributed by atoms with Crippen molar-refractivity contribution in [2.45, 2.75) is 6.92 Å². The molecule has 1 N–H and O–H groups in total. The molecule has 0 atom stereocenters. The molecule has 1 amide bonds. The molecule has 0 spiro atoms. The van der Waals surface area contributed by atoms with E-state index in [4.69, 9.17) is 4.42 Å². The molecule has 0 radical (unpaired) electrons. The first-order valence-corrected chi connectivity index (χ1v) is 7.88. The van der Waals surface area contributed by atoms with E-state index in [9.17, 15) is 4.79 Å². The quantitative estimate of drug-likeness (QED) is 0.603. The number of carbonyl (C=O) groups excluding carboxylic acids is 1. The highest BCUT2D eigenvalue weighted by molar-refractivity contribution is 6.04. The number of carbonyl (C=O) groups is 1. The van der Waals surface area contributed by atoms with Crippen LogP contribution >= 0.6 is 0 Å². The van der Waals surface area contributed by atoms with Crippen LogP contribution in [-0.2, 0) is 0 Å². The molecule has 2 heterocycles. The Hall–Kier alpha value is -3.47. The van der Waals surface area contributed by atoms with Crippen LogP contribution in [0.5, 0.6) is 0 Å². The molecule has 122 valence electrons. The summed E-state index contributed by atoms with van der Waals surface area (Å²) in [5.41, 5.74) is 4.65. The molecular weight excluding hydrogens is 314 g/mol. The molecule has 5 heteroatoms. The van der Waals surface area contributed by atoms with Crippen molar-refractivity contribution < 1.29 is 9.21 Å². The van der Waals surface area contributed by atoms with E-state index in [0.717, 1.165) is 16.6 Å². The highest BCUT2D eigenvalue weighted by atomic mass is 16.3. The zero-order valence-electron chi connectivity index (χ0n) is 13.6. The number of pyridine rings is 1. The molecule has 2 aromatic heterocycles. The summed E-state index contributed by atoms with van der Waals surface area (Å²) in [5.74, 6) is 0.372. The topological polar surface area (TPSA) is 68.0 Å². The highest BCUT2D eigenvalue weighted by Gasteiger charge is 2.11. The van der Waals surface area contributed by atoms with Gasteiger partial charge in [0.2, 0.25) is 5.89 Å². The molecule has 0 aliphatic rings. The number of aromatic nitrogens is 2. The molecular formula is C20H15N3O2. The van der Waals surface area contributed by atoms with Gasteiger partial charge in [-0.25, -0.2) is 4.98 Å². The summed E-state index contributed by atoms with van der Waals surface area (Å²) in [6.07, 6.45) is 3.17. The summed E-state index contributed by atoms with van der Waals surface area (Å²) in [6, 6.07) is 16.7. The van der Waals surface area contributed by atoms with Gasteiger partial charge in [-0.1, -0.05) is 17.7 Å². The van der Waals surface area contributed by atoms with Crippen molar-refractivity contribution in [1.82, 2.24) is 9.97 Å². The summed E-state index contributed by atoms with van der Waals surface area (Å²) in [4.78, 5) is 20.7. The number of nitrogens with one attached hydrogen (secondary N) is 1. The van der Waals surface area contributed by atoms with E-state index < -0.39 is 0 Å². The molecule has 2 aromatic carbocycles. The minimum atomic E-state index is -0.194. The predicted molar refractivity (Wildman–Crippen MR) is 96.4 cm³/mol. The van der Waals surface area contributed by atoms with Crippen LogP contribution in [0.1, 0.15) is 15.9 Å². The average molecular weight is 329 g/mol. The monoisotopic (exact) mass is 329 g/mol. The van der Waals surface area contributed by atoms with Crippen LogP contribution in [0.3, 0.4) is 0 Å². The Morgan fingerprint density at radius 1 is 1.04 bits per heavy atom. The maximum absolute atomic E-state index is 12.2. The van der Waals surface area contributed by atoms with Crippen molar-refractivity contribution in [3.05, 3.63) is 78.1 Å². The fourth-order valence-corrected chi connectivity index (χ4v) is 2.61. The molecule has 0 bridgehead atoms. The van der Waals surface area contributed by atoms with Crippen molar-refractivity contribution in [2.24, 2.45) is 0 Å². The highest BCUT2D eigenvalue weighted by Crippen LogP contribution is 2.27. The lowest BCUT2D eigenvalue weighted by molar-refractivity contribution is 0.102. The van der Waals surface area contributed by atoms with Gasteiger partial charge in [0, 0.05) is 35.3 Å². The molecule has 0 saturated heterocycles. The van der Waals surface area contributed by atoms with Crippen LogP contribution in [0.25, 0.3) is 22.6 Å². The maximum atomic E-state index is 12.2. The molecule has 0 fully saturated rings. The maximum Gasteiger partial charge on any atom is 0.255 e. The number of amides is 1. The molecule has 0 saturated carbocycles. The predicted octanol–water partition coefficient (Wildman–Crippen LogP) is 4.45. The van der Waals surface area contributed by atoms with Crippen molar-refractivity contribution >= 4 is 22.7 Å². The van der Waals surface area contributed by atoms with Gasteiger partial charge in [-0.15, -0.1) is 0 Å². The van der Waals surface area contributed by atoms with Crippen LogP contribution in [-0.4, -0.2) is 15.9 Å². The SMILES string of the molecule is Cc1cccc(-c2nc3ccc(NC(=O)c4ccncc4)cc3o2)c1. The van der Waals surface area contributed by atoms with Gasteiger partial charge in [-0.2, -0.15) is 0 Å². The number of anilines is 1. The molecule has 5 nitrogen and oxygen atoms in total. The number of oxazole rings is 1. The largest absolute Gasteiger partial charge is 0.436 e. The number of rotatable bonds is 3. The van der Waals surface area contributed by atoms with E-state index in [-0.39, 0.29) is 5.91 Å². The van der Waals surface area contributed by atoms with Gasteiger partial charge < -0.3 is 9.73 Å². The average Bonchev–Trinajstić information content (AvgIpc) is 3.06. The van der Waals surface area contributed by atoms with Gasteiger partial charge in [-0.05, 0) is 43.3 Å². The van der Waals surface area contributed by atoms with E-state index in [1.165, 1.54) is 0 Å². The second-order valence-corrected chi connectivity index (χ2v) is 5.76. The molecule has 4 aromatic rings. The van der Waals surface area contributed by atoms with Crippen molar-refractivity contribution in [1.29, 1.82) is 0 Å². The number of fused-ring (bicyclic) bond motifs is 1. The zero-order chi connectivity index (χ0) is 17.2. The third-order valence-electron chi connectivity index (χ3n) is 3.85. The van der Waals surface area contributed by atoms with Gasteiger partial charge >= 0.3 is 0 Å². The number of hydrogen-bond donors (Lipinski definition) is 1. The van der Waals surface area contributed by atoms with Crippen LogP contribution in [0.4, 0.5) is 5.69 Å². The summed E-state index contributed by atoms with van der Waals surface area (Å²) in [6.45, 7) is 2.03. The fraction of sp³-hybridized carbons (Fsp3) is 0.0500. The minimum Gasteiger partial charge on any atom is -0.436 e. The lowest BCUT2D eigenvalue weighted by Gasteiger charge is -2.04. The normalized spacial score (nSPS) is 10.8. The summed E-state index contributed by atoms with van der Waals surface area (Å²) in [7, 11) is 0.